The molecule has 1 aliphatic heterocycles. The molecule has 1 aromatic carbocycles. The van der Waals surface area contributed by atoms with E-state index in [1.165, 1.54) is 10.6 Å². The Morgan fingerprint density at radius 3 is 2.63 bits per heavy atom. The van der Waals surface area contributed by atoms with Gasteiger partial charge in [-0.15, -0.1) is 0 Å². The minimum absolute atomic E-state index is 0.0339. The van der Waals surface area contributed by atoms with Crippen molar-refractivity contribution < 1.29 is 14.3 Å². The van der Waals surface area contributed by atoms with E-state index in [-0.39, 0.29) is 23.8 Å². The van der Waals surface area contributed by atoms with Gasteiger partial charge in [0.15, 0.2) is 5.58 Å². The van der Waals surface area contributed by atoms with Crippen LogP contribution in [0, 0.1) is 6.92 Å². The summed E-state index contributed by atoms with van der Waals surface area (Å²) in [5.41, 5.74) is 1.73. The zero-order valence-corrected chi connectivity index (χ0v) is 15.0. The molecule has 1 fully saturated rings. The summed E-state index contributed by atoms with van der Waals surface area (Å²) in [7, 11) is 0. The quantitative estimate of drug-likeness (QED) is 0.750. The number of rotatable bonds is 3. The van der Waals surface area contributed by atoms with Crippen molar-refractivity contribution in [2.24, 2.45) is 0 Å². The lowest BCUT2D eigenvalue weighted by atomic mass is 10.3. The van der Waals surface area contributed by atoms with Gasteiger partial charge in [0, 0.05) is 37.9 Å². The van der Waals surface area contributed by atoms with E-state index < -0.39 is 0 Å². The van der Waals surface area contributed by atoms with Crippen LogP contribution in [0.2, 0.25) is 0 Å². The Kier molecular flexibility index (Phi) is 4.31. The smallest absolute Gasteiger partial charge is 0.298 e. The summed E-state index contributed by atoms with van der Waals surface area (Å²) in [5, 5.41) is 9.46. The van der Waals surface area contributed by atoms with Crippen molar-refractivity contribution in [3.63, 3.8) is 0 Å². The van der Waals surface area contributed by atoms with Crippen LogP contribution in [0.3, 0.4) is 0 Å². The van der Waals surface area contributed by atoms with Crippen LogP contribution < -0.4 is 10.5 Å². The lowest BCUT2D eigenvalue weighted by molar-refractivity contribution is -0.132. The van der Waals surface area contributed by atoms with E-state index in [9.17, 15) is 14.7 Å². The molecule has 3 aromatic rings. The summed E-state index contributed by atoms with van der Waals surface area (Å²) < 4.78 is 7.15. The van der Waals surface area contributed by atoms with Crippen LogP contribution in [0.4, 0.5) is 6.01 Å². The van der Waals surface area contributed by atoms with E-state index in [1.54, 1.807) is 11.8 Å². The van der Waals surface area contributed by atoms with Gasteiger partial charge in [-0.2, -0.15) is 4.98 Å². The van der Waals surface area contributed by atoms with Gasteiger partial charge >= 0.3 is 0 Å². The van der Waals surface area contributed by atoms with Crippen molar-refractivity contribution in [3.8, 4) is 5.75 Å². The number of pyridine rings is 1. The molecule has 1 N–H and O–H groups in total. The molecule has 27 heavy (non-hydrogen) atoms. The first-order valence-electron chi connectivity index (χ1n) is 8.80. The van der Waals surface area contributed by atoms with Gasteiger partial charge in [0.2, 0.25) is 5.91 Å². The van der Waals surface area contributed by atoms with Crippen molar-refractivity contribution in [2.45, 2.75) is 13.5 Å². The summed E-state index contributed by atoms with van der Waals surface area (Å²) in [6, 6.07) is 10.8. The highest BCUT2D eigenvalue weighted by molar-refractivity contribution is 5.77. The summed E-state index contributed by atoms with van der Waals surface area (Å²) in [6.45, 7) is 3.95. The summed E-state index contributed by atoms with van der Waals surface area (Å²) >= 11 is 0. The second-order valence-corrected chi connectivity index (χ2v) is 6.61. The number of piperazine rings is 1. The molecule has 8 nitrogen and oxygen atoms in total. The van der Waals surface area contributed by atoms with Crippen LogP contribution in [-0.4, -0.2) is 51.6 Å². The van der Waals surface area contributed by atoms with E-state index in [1.807, 2.05) is 29.2 Å². The maximum absolute atomic E-state index is 12.6. The first kappa shape index (κ1) is 17.1. The van der Waals surface area contributed by atoms with Crippen molar-refractivity contribution in [2.75, 3.05) is 31.1 Å². The molecule has 4 rings (SSSR count). The molecule has 8 heteroatoms. The number of aromatic nitrogens is 2. The molecule has 0 aliphatic carbocycles. The highest BCUT2D eigenvalue weighted by Gasteiger charge is 2.24. The molecule has 3 heterocycles. The molecular weight excluding hydrogens is 348 g/mol. The zero-order chi connectivity index (χ0) is 19.0. The van der Waals surface area contributed by atoms with Crippen LogP contribution in [-0.2, 0) is 11.3 Å². The highest BCUT2D eigenvalue weighted by atomic mass is 16.4. The van der Waals surface area contributed by atoms with Crippen LogP contribution in [0.1, 0.15) is 5.69 Å². The number of carbonyl (C=O) groups is 1. The van der Waals surface area contributed by atoms with Crippen molar-refractivity contribution in [1.29, 1.82) is 0 Å². The lowest BCUT2D eigenvalue weighted by Crippen LogP contribution is -2.50. The van der Waals surface area contributed by atoms with Crippen LogP contribution in [0.25, 0.3) is 11.1 Å². The van der Waals surface area contributed by atoms with Gasteiger partial charge < -0.3 is 23.9 Å². The minimum Gasteiger partial charge on any atom is -0.508 e. The fourth-order valence-electron chi connectivity index (χ4n) is 3.29. The van der Waals surface area contributed by atoms with Crippen LogP contribution in [0.15, 0.2) is 45.6 Å². The number of fused-ring (bicyclic) bond motifs is 1. The monoisotopic (exact) mass is 368 g/mol. The first-order chi connectivity index (χ1) is 13.0. The lowest BCUT2D eigenvalue weighted by Gasteiger charge is -2.34. The third-order valence-corrected chi connectivity index (χ3v) is 4.80. The molecule has 1 amide bonds. The molecule has 2 aromatic heterocycles. The Hall–Kier alpha value is -3.29. The van der Waals surface area contributed by atoms with Crippen molar-refractivity contribution >= 4 is 23.0 Å². The molecule has 0 radical (unpaired) electrons. The standard InChI is InChI=1S/C19H20N4O4/c1-13-10-14(24)11-17(25)23(13)12-18(26)21-6-8-22(9-7-21)19-20-15-4-2-3-5-16(15)27-19/h2-5,10-11,24H,6-9,12H2,1H3. The number of hydrogen-bond acceptors (Lipinski definition) is 6. The average molecular weight is 368 g/mol. The summed E-state index contributed by atoms with van der Waals surface area (Å²) in [6.07, 6.45) is 0. The number of hydrogen-bond donors (Lipinski definition) is 1. The molecule has 1 saturated heterocycles. The molecule has 0 saturated carbocycles. The van der Waals surface area contributed by atoms with Crippen LogP contribution >= 0.6 is 0 Å². The molecule has 0 bridgehead atoms. The molecule has 1 aliphatic rings. The topological polar surface area (TPSA) is 91.8 Å². The predicted octanol–water partition coefficient (Wildman–Crippen LogP) is 1.35. The molecule has 0 atom stereocenters. The molecule has 0 unspecified atom stereocenters. The van der Waals surface area contributed by atoms with Crippen LogP contribution in [0.5, 0.6) is 5.75 Å². The molecular formula is C19H20N4O4. The fourth-order valence-corrected chi connectivity index (χ4v) is 3.29. The maximum atomic E-state index is 12.6. The highest BCUT2D eigenvalue weighted by Crippen LogP contribution is 2.22. The Morgan fingerprint density at radius 2 is 1.93 bits per heavy atom. The number of oxazole rings is 1. The predicted molar refractivity (Wildman–Crippen MR) is 99.9 cm³/mol. The number of aryl methyl sites for hydroxylation is 1. The number of para-hydroxylation sites is 2. The van der Waals surface area contributed by atoms with E-state index in [4.69, 9.17) is 4.42 Å². The van der Waals surface area contributed by atoms with Gasteiger partial charge in [0.1, 0.15) is 17.8 Å². The second-order valence-electron chi connectivity index (χ2n) is 6.61. The Bertz CT molecular complexity index is 1010. The van der Waals surface area contributed by atoms with Gasteiger partial charge in [-0.05, 0) is 25.1 Å². The second kappa shape index (κ2) is 6.79. The Labute approximate surface area is 155 Å². The minimum atomic E-state index is -0.383. The molecule has 140 valence electrons. The van der Waals surface area contributed by atoms with E-state index >= 15 is 0 Å². The number of nitrogens with zero attached hydrogens (tertiary/aromatic N) is 4. The average Bonchev–Trinajstić information content (AvgIpc) is 3.09. The van der Waals surface area contributed by atoms with E-state index in [0.29, 0.717) is 37.9 Å². The van der Waals surface area contributed by atoms with Gasteiger partial charge in [-0.25, -0.2) is 0 Å². The maximum Gasteiger partial charge on any atom is 0.298 e. The summed E-state index contributed by atoms with van der Waals surface area (Å²) in [5.74, 6) is -0.212. The number of amides is 1. The third kappa shape index (κ3) is 3.38. The van der Waals surface area contributed by atoms with Gasteiger partial charge in [-0.3, -0.25) is 9.59 Å². The largest absolute Gasteiger partial charge is 0.508 e. The number of carbonyl (C=O) groups excluding carboxylic acids is 1. The normalized spacial score (nSPS) is 14.7. The van der Waals surface area contributed by atoms with E-state index in [0.717, 1.165) is 17.2 Å². The van der Waals surface area contributed by atoms with Gasteiger partial charge in [0.25, 0.3) is 11.6 Å². The SMILES string of the molecule is Cc1cc(O)cc(=O)n1CC(=O)N1CCN(c2nc3ccccc3o2)CC1. The number of anilines is 1. The molecule has 0 spiro atoms. The van der Waals surface area contributed by atoms with E-state index in [2.05, 4.69) is 4.98 Å². The number of aromatic hydroxyl groups is 1. The first-order valence-corrected chi connectivity index (χ1v) is 8.80. The van der Waals surface area contributed by atoms with Crippen molar-refractivity contribution in [1.82, 2.24) is 14.5 Å². The zero-order valence-electron chi connectivity index (χ0n) is 15.0. The van der Waals surface area contributed by atoms with Crippen molar-refractivity contribution in [3.05, 3.63) is 52.4 Å². The van der Waals surface area contributed by atoms with Gasteiger partial charge in [-0.1, -0.05) is 12.1 Å². The Balaban J connectivity index is 1.41. The fraction of sp³-hybridized carbons (Fsp3) is 0.316. The number of benzene rings is 1. The third-order valence-electron chi connectivity index (χ3n) is 4.80. The Morgan fingerprint density at radius 1 is 1.19 bits per heavy atom. The summed E-state index contributed by atoms with van der Waals surface area (Å²) in [4.78, 5) is 32.8. The van der Waals surface area contributed by atoms with Gasteiger partial charge in [0.05, 0.1) is 0 Å².